The van der Waals surface area contributed by atoms with Gasteiger partial charge in [-0.1, -0.05) is 0 Å². The summed E-state index contributed by atoms with van der Waals surface area (Å²) in [4.78, 5) is 76.8. The summed E-state index contributed by atoms with van der Waals surface area (Å²) in [5.41, 5.74) is 1.23. The summed E-state index contributed by atoms with van der Waals surface area (Å²) in [5, 5.41) is 74.2. The fourth-order valence-corrected chi connectivity index (χ4v) is 10.9. The normalized spacial score (nSPS) is 22.3. The molecule has 532 valence electrons. The van der Waals surface area contributed by atoms with Crippen molar-refractivity contribution in [2.45, 2.75) is 68.5 Å². The molecule has 0 spiro atoms. The molecule has 0 radical (unpaired) electrons. The van der Waals surface area contributed by atoms with Gasteiger partial charge in [-0.25, -0.2) is 0 Å². The number of thiocarbonyl (C=S) groups is 2. The smallest absolute Gasteiger partial charge is 0.325 e. The van der Waals surface area contributed by atoms with Gasteiger partial charge in [-0.2, -0.15) is 0 Å². The van der Waals surface area contributed by atoms with Crippen molar-refractivity contribution in [1.29, 1.82) is 0 Å². The molecule has 2 aromatic rings. The summed E-state index contributed by atoms with van der Waals surface area (Å²) in [6, 6.07) is 13.0. The highest BCUT2D eigenvalue weighted by Gasteiger charge is 2.47. The van der Waals surface area contributed by atoms with Gasteiger partial charge >= 0.3 is 15.2 Å². The lowest BCUT2D eigenvalue weighted by Gasteiger charge is -2.42. The van der Waals surface area contributed by atoms with Crippen LogP contribution in [0.4, 0.5) is 11.4 Å². The number of carbonyl (C=O) groups excluding carboxylic acids is 3. The molecule has 0 aliphatic carbocycles. The van der Waals surface area contributed by atoms with Crippen LogP contribution in [-0.2, 0) is 70.9 Å². The van der Waals surface area contributed by atoms with E-state index < -0.39 is 114 Å². The van der Waals surface area contributed by atoms with E-state index in [4.69, 9.17) is 81.3 Å². The average Bonchev–Trinajstić information content (AvgIpc) is 1.03. The average molecular weight is 1420 g/mol. The van der Waals surface area contributed by atoms with Crippen molar-refractivity contribution in [3.05, 3.63) is 60.7 Å². The zero-order valence-corrected chi connectivity index (χ0v) is 55.3. The molecule has 0 bridgehead atoms. The van der Waals surface area contributed by atoms with E-state index >= 15 is 0 Å². The molecule has 33 nitrogen and oxygen atoms in total. The first kappa shape index (κ1) is 80.1. The van der Waals surface area contributed by atoms with Gasteiger partial charge in [-0.05, 0) is 85.8 Å². The third kappa shape index (κ3) is 30.9. The van der Waals surface area contributed by atoms with Gasteiger partial charge in [0, 0.05) is 62.7 Å². The first-order valence-corrected chi connectivity index (χ1v) is 34.9. The predicted octanol–water partition coefficient (Wildman–Crippen LogP) is -1.76. The second kappa shape index (κ2) is 43.7. The Bertz CT molecular complexity index is 2520. The van der Waals surface area contributed by atoms with E-state index in [1.54, 1.807) is 53.4 Å². The Hall–Kier alpha value is -4.57. The zero-order valence-electron chi connectivity index (χ0n) is 51.9. The van der Waals surface area contributed by atoms with E-state index in [0.717, 1.165) is 17.1 Å². The molecule has 94 heavy (non-hydrogen) atoms. The molecule has 2 saturated heterocycles. The van der Waals surface area contributed by atoms with Crippen molar-refractivity contribution in [3.63, 3.8) is 0 Å². The lowest BCUT2D eigenvalue weighted by molar-refractivity contribution is -0.259. The first-order chi connectivity index (χ1) is 45.0. The lowest BCUT2D eigenvalue weighted by atomic mass is 9.90. The second-order valence-electron chi connectivity index (χ2n) is 21.3. The molecule has 2 fully saturated rings. The highest BCUT2D eigenvalue weighted by Crippen LogP contribution is 2.40. The molecule has 3 heterocycles. The van der Waals surface area contributed by atoms with Crippen molar-refractivity contribution in [1.82, 2.24) is 20.4 Å². The van der Waals surface area contributed by atoms with Gasteiger partial charge < -0.3 is 133 Å². The van der Waals surface area contributed by atoms with Crippen molar-refractivity contribution in [2.24, 2.45) is 11.8 Å². The molecule has 6 unspecified atom stereocenters. The van der Waals surface area contributed by atoms with Crippen molar-refractivity contribution in [2.75, 3.05) is 175 Å². The van der Waals surface area contributed by atoms with E-state index in [0.29, 0.717) is 112 Å². The van der Waals surface area contributed by atoms with E-state index in [9.17, 15) is 73.7 Å². The van der Waals surface area contributed by atoms with Crippen LogP contribution in [0.15, 0.2) is 60.7 Å². The number of imide groups is 1. The number of ether oxygens (including phenoxy) is 12. The Morgan fingerprint density at radius 1 is 0.511 bits per heavy atom. The van der Waals surface area contributed by atoms with Crippen LogP contribution in [0.1, 0.15) is 19.3 Å². The fraction of sp³-hybridized carbons (Fsp3) is 0.667. The number of rotatable bonds is 47. The maximum absolute atomic E-state index is 13.2. The summed E-state index contributed by atoms with van der Waals surface area (Å²) >= 11 is 10.7. The van der Waals surface area contributed by atoms with Gasteiger partial charge in [0.2, 0.25) is 18.5 Å². The van der Waals surface area contributed by atoms with Crippen LogP contribution in [0.25, 0.3) is 0 Å². The molecule has 3 aliphatic rings. The molecular formula is C57H90N6O27P2S2. The Morgan fingerprint density at radius 3 is 1.17 bits per heavy atom. The van der Waals surface area contributed by atoms with Gasteiger partial charge in [0.25, 0.3) is 11.8 Å². The monoisotopic (exact) mass is 1420 g/mol. The van der Waals surface area contributed by atoms with Crippen LogP contribution in [0.3, 0.4) is 0 Å². The highest BCUT2D eigenvalue weighted by atomic mass is 32.1. The number of carbonyl (C=O) groups is 3. The maximum Gasteiger partial charge on any atom is 0.325 e. The van der Waals surface area contributed by atoms with Crippen LogP contribution in [0, 0.1) is 11.8 Å². The Morgan fingerprint density at radius 2 is 0.840 bits per heavy atom. The summed E-state index contributed by atoms with van der Waals surface area (Å²) in [7, 11) is -8.78. The van der Waals surface area contributed by atoms with E-state index in [2.05, 4.69) is 21.3 Å². The molecular weight excluding hydrogens is 1330 g/mol. The second-order valence-corrected chi connectivity index (χ2v) is 25.7. The number of amides is 3. The first-order valence-electron chi connectivity index (χ1n) is 30.5. The van der Waals surface area contributed by atoms with Crippen LogP contribution < -0.4 is 30.7 Å². The summed E-state index contributed by atoms with van der Waals surface area (Å²) < 4.78 is 90.7. The number of hydrogen-bond donors (Lipinski definition) is 14. The quantitative estimate of drug-likeness (QED) is 0.0151. The van der Waals surface area contributed by atoms with Crippen LogP contribution in [-0.4, -0.2) is 301 Å². The molecule has 0 aromatic heterocycles. The maximum atomic E-state index is 13.2. The number of benzene rings is 2. The van der Waals surface area contributed by atoms with Crippen LogP contribution >= 0.6 is 39.6 Å². The van der Waals surface area contributed by atoms with Gasteiger partial charge in [-0.3, -0.25) is 28.4 Å². The third-order valence-electron chi connectivity index (χ3n) is 14.3. The minimum absolute atomic E-state index is 0.0593. The molecule has 5 rings (SSSR count). The molecule has 2 aromatic carbocycles. The number of nitrogens with zero attached hydrogens (tertiary/aromatic N) is 2. The van der Waals surface area contributed by atoms with Crippen LogP contribution in [0.2, 0.25) is 0 Å². The predicted molar refractivity (Wildman–Crippen MR) is 342 cm³/mol. The molecule has 3 aliphatic heterocycles. The Balaban J connectivity index is 0.827. The molecule has 14 N–H and O–H groups in total. The molecule has 10 atom stereocenters. The number of anilines is 2. The topological polar surface area (TPSA) is 453 Å². The summed E-state index contributed by atoms with van der Waals surface area (Å²) in [6.07, 6.45) is -9.87. The minimum atomic E-state index is -4.39. The van der Waals surface area contributed by atoms with Gasteiger partial charge in [-0.15, -0.1) is 0 Å². The van der Waals surface area contributed by atoms with Crippen molar-refractivity contribution >= 4 is 78.9 Å². The van der Waals surface area contributed by atoms with Crippen LogP contribution in [0.5, 0.6) is 11.5 Å². The molecule has 0 saturated carbocycles. The third-order valence-corrected chi connectivity index (χ3v) is 16.5. The van der Waals surface area contributed by atoms with Crippen molar-refractivity contribution in [3.8, 4) is 11.5 Å². The minimum Gasteiger partial charge on any atom is -0.464 e. The van der Waals surface area contributed by atoms with E-state index in [-0.39, 0.29) is 84.4 Å². The standard InChI is InChI=1S/C57H90N6O27P2S2/c64-37-43-50(69)52(71)45(12-35-91(73,74)75)89-54(43)87-41-5-1-39(2-6-41)60-56(93)58-14-19-79-23-27-83-31-33-85-29-25-81-21-17-62(47(66)11-16-63-48(67)9-10-49(63)68)18-22-82-26-30-86-34-32-84-28-24-80-20-15-59-57(94)61-40-3-7-42(8-4-40)88-55-44(38-65)51(70)53(72)46(90-55)13-36-92(76,77)78/h1-10,43-46,50-55,64-65,69-72H,11-38H2,(H2,58,60,93)(H2,59,61,94)(H2,73,74,75)(H2,76,77,78)/t43?,44?,45?,46?,50?,51?,52-,53-,54+,55+/m1/s1. The highest BCUT2D eigenvalue weighted by molar-refractivity contribution is 7.80. The molecule has 3 amide bonds. The van der Waals surface area contributed by atoms with E-state index in [1.807, 2.05) is 0 Å². The van der Waals surface area contributed by atoms with Gasteiger partial charge in [0.15, 0.2) is 10.2 Å². The largest absolute Gasteiger partial charge is 0.464 e. The SMILES string of the molecule is O=C(CCN1C(=O)C=CC1=O)N(CCOCCOCCOCCOCCNC(=S)Nc1ccc(O[C@H]2OC(CCP(=O)(O)O)[C@@H](O)C(O)C2CO)cc1)CCOCCOCCOCCOCCNC(=S)Nc1ccc(O[C@H]2OC(CCP(=O)(O)O)[C@@H](O)C(O)C2CO)cc1. The van der Waals surface area contributed by atoms with Gasteiger partial charge in [0.05, 0.1) is 167 Å². The Kier molecular flexibility index (Phi) is 37.2. The Labute approximate surface area is 554 Å². The lowest BCUT2D eigenvalue weighted by Crippen LogP contribution is -2.57. The summed E-state index contributed by atoms with van der Waals surface area (Å²) in [5.74, 6) is -2.66. The zero-order chi connectivity index (χ0) is 68.3. The van der Waals surface area contributed by atoms with E-state index in [1.165, 1.54) is 0 Å². The number of hydrogen-bond acceptors (Lipinski definition) is 25. The van der Waals surface area contributed by atoms with Crippen molar-refractivity contribution < 1.29 is 131 Å². The summed E-state index contributed by atoms with van der Waals surface area (Å²) in [6.45, 7) is 4.81. The molecule has 37 heteroatoms. The number of nitrogens with one attached hydrogen (secondary N) is 4. The van der Waals surface area contributed by atoms with Gasteiger partial charge in [0.1, 0.15) is 23.7 Å². The number of aliphatic hydroxyl groups excluding tert-OH is 6. The fourth-order valence-electron chi connectivity index (χ4n) is 9.24. The number of aliphatic hydroxyl groups is 6.